The number of carbonyl (C=O) groups excluding carboxylic acids is 1. The third kappa shape index (κ3) is 6.73. The number of benzene rings is 2. The quantitative estimate of drug-likeness (QED) is 0.254. The molecule has 2 fully saturated rings. The molecule has 1 amide bonds. The maximum Gasteiger partial charge on any atom is 0.410 e. The zero-order chi connectivity index (χ0) is 30.7. The molecule has 0 atom stereocenters. The number of hydrogen-bond acceptors (Lipinski definition) is 7. The Hall–Kier alpha value is -4.37. The van der Waals surface area contributed by atoms with Crippen molar-refractivity contribution in [2.24, 2.45) is 4.99 Å². The highest BCUT2D eigenvalue weighted by molar-refractivity contribution is 5.97. The number of ether oxygens (including phenoxy) is 3. The summed E-state index contributed by atoms with van der Waals surface area (Å²) in [5, 5.41) is 1.06. The number of aromatic nitrogens is 2. The van der Waals surface area contributed by atoms with Gasteiger partial charge in [0.25, 0.3) is 0 Å². The van der Waals surface area contributed by atoms with E-state index in [2.05, 4.69) is 68.4 Å². The summed E-state index contributed by atoms with van der Waals surface area (Å²) in [4.78, 5) is 29.0. The lowest BCUT2D eigenvalue weighted by molar-refractivity contribution is 0.0126. The van der Waals surface area contributed by atoms with Gasteiger partial charge in [0.05, 0.1) is 13.2 Å². The number of amides is 1. The second-order valence-corrected chi connectivity index (χ2v) is 12.4. The molecule has 6 rings (SSSR count). The number of fused-ring (bicyclic) bond motifs is 1. The number of nitrogens with one attached hydrogen (secondary N) is 1. The lowest BCUT2D eigenvalue weighted by Crippen LogP contribution is -2.44. The lowest BCUT2D eigenvalue weighted by atomic mass is 10.0. The first-order valence-electron chi connectivity index (χ1n) is 15.4. The predicted octanol–water partition coefficient (Wildman–Crippen LogP) is 6.56. The summed E-state index contributed by atoms with van der Waals surface area (Å²) in [6, 6.07) is 19.1. The summed E-state index contributed by atoms with van der Waals surface area (Å²) in [6.07, 6.45) is 4.92. The van der Waals surface area contributed by atoms with Gasteiger partial charge in [0, 0.05) is 80.8 Å². The number of likely N-dealkylation sites (tertiary alicyclic amines) is 1. The number of pyridine rings is 1. The molecule has 1 N–H and O–H groups in total. The summed E-state index contributed by atoms with van der Waals surface area (Å²) < 4.78 is 17.5. The molecule has 9 nitrogen and oxygen atoms in total. The minimum atomic E-state index is -0.502. The van der Waals surface area contributed by atoms with Crippen LogP contribution >= 0.6 is 0 Å². The van der Waals surface area contributed by atoms with Gasteiger partial charge in [0.15, 0.2) is 0 Å². The Morgan fingerprint density at radius 3 is 2.43 bits per heavy atom. The molecule has 2 saturated heterocycles. The third-order valence-corrected chi connectivity index (χ3v) is 8.06. The Balaban J connectivity index is 1.19. The normalized spacial score (nSPS) is 16.5. The van der Waals surface area contributed by atoms with E-state index in [1.807, 2.05) is 39.2 Å². The molecule has 2 aliphatic heterocycles. The number of aliphatic imine (C=N–C) groups is 1. The maximum absolute atomic E-state index is 12.5. The van der Waals surface area contributed by atoms with Crippen molar-refractivity contribution in [2.45, 2.75) is 45.3 Å². The summed E-state index contributed by atoms with van der Waals surface area (Å²) in [5.74, 6) is 0.787. The fourth-order valence-corrected chi connectivity index (χ4v) is 5.83. The minimum absolute atomic E-state index is 0.0121. The van der Waals surface area contributed by atoms with Crippen LogP contribution in [0, 0.1) is 0 Å². The van der Waals surface area contributed by atoms with E-state index in [1.165, 1.54) is 5.69 Å². The Morgan fingerprint density at radius 2 is 1.73 bits per heavy atom. The molecule has 2 aliphatic rings. The van der Waals surface area contributed by atoms with Gasteiger partial charge in [-0.25, -0.2) is 9.78 Å². The predicted molar refractivity (Wildman–Crippen MR) is 175 cm³/mol. The molecule has 0 radical (unpaired) electrons. The van der Waals surface area contributed by atoms with Gasteiger partial charge in [-0.05, 0) is 73.9 Å². The van der Waals surface area contributed by atoms with E-state index in [0.29, 0.717) is 13.1 Å². The fraction of sp³-hybridized carbons (Fsp3) is 0.400. The minimum Gasteiger partial charge on any atom is -0.490 e. The zero-order valence-corrected chi connectivity index (χ0v) is 26.0. The molecule has 0 aliphatic carbocycles. The molecule has 0 unspecified atom stereocenters. The van der Waals surface area contributed by atoms with Gasteiger partial charge in [-0.15, -0.1) is 0 Å². The molecule has 4 aromatic rings. The van der Waals surface area contributed by atoms with E-state index in [1.54, 1.807) is 11.9 Å². The largest absolute Gasteiger partial charge is 0.490 e. The second kappa shape index (κ2) is 12.7. The van der Waals surface area contributed by atoms with Gasteiger partial charge in [-0.1, -0.05) is 18.2 Å². The molecule has 2 aromatic heterocycles. The highest BCUT2D eigenvalue weighted by atomic mass is 16.6. The van der Waals surface area contributed by atoms with Crippen LogP contribution in [0.2, 0.25) is 0 Å². The summed E-state index contributed by atoms with van der Waals surface area (Å²) in [6.45, 7) is 10.3. The van der Waals surface area contributed by atoms with Crippen LogP contribution in [-0.2, 0) is 9.47 Å². The van der Waals surface area contributed by atoms with Crippen molar-refractivity contribution in [1.82, 2.24) is 14.9 Å². The van der Waals surface area contributed by atoms with Gasteiger partial charge < -0.3 is 29.0 Å². The van der Waals surface area contributed by atoms with Crippen LogP contribution in [0.3, 0.4) is 0 Å². The molecule has 9 heteroatoms. The Bertz CT molecular complexity index is 1630. The molecular weight excluding hydrogens is 554 g/mol. The van der Waals surface area contributed by atoms with Crippen molar-refractivity contribution >= 4 is 29.0 Å². The van der Waals surface area contributed by atoms with Crippen LogP contribution in [0.4, 0.5) is 10.5 Å². The number of piperidine rings is 1. The Kier molecular flexibility index (Phi) is 8.57. The monoisotopic (exact) mass is 595 g/mol. The van der Waals surface area contributed by atoms with Crippen LogP contribution < -0.4 is 9.64 Å². The number of anilines is 1. The highest BCUT2D eigenvalue weighted by Crippen LogP contribution is 2.34. The molecule has 2 aromatic carbocycles. The van der Waals surface area contributed by atoms with Crippen LogP contribution in [0.25, 0.3) is 33.4 Å². The van der Waals surface area contributed by atoms with E-state index in [4.69, 9.17) is 14.2 Å². The van der Waals surface area contributed by atoms with E-state index < -0.39 is 5.60 Å². The summed E-state index contributed by atoms with van der Waals surface area (Å²) in [7, 11) is 1.77. The first-order chi connectivity index (χ1) is 21.3. The van der Waals surface area contributed by atoms with Crippen molar-refractivity contribution in [1.29, 1.82) is 0 Å². The molecule has 230 valence electrons. The van der Waals surface area contributed by atoms with Gasteiger partial charge in [-0.2, -0.15) is 0 Å². The van der Waals surface area contributed by atoms with Crippen molar-refractivity contribution in [3.05, 3.63) is 66.4 Å². The SMILES string of the molecule is CN=Cc1cc(-c2ccnc3[nH]c(-c4ccc(N5CCOCC5)cc4)cc23)ccc1OC1CCN(C(=O)OC(C)(C)C)CC1. The van der Waals surface area contributed by atoms with Crippen LogP contribution in [-0.4, -0.2) is 85.3 Å². The summed E-state index contributed by atoms with van der Waals surface area (Å²) in [5.41, 5.74) is 6.77. The number of carbonyl (C=O) groups is 1. The van der Waals surface area contributed by atoms with Crippen molar-refractivity contribution in [3.8, 4) is 28.1 Å². The molecule has 0 saturated carbocycles. The topological polar surface area (TPSA) is 92.3 Å². The standard InChI is InChI=1S/C35H41N5O4/c1-35(2,3)44-34(41)40-15-12-28(13-16-40)43-32-10-7-25(21-26(32)23-36-4)29-11-14-37-33-30(29)22-31(38-33)24-5-8-27(9-6-24)39-17-19-42-20-18-39/h5-11,14,21-23,28H,12-13,15-20H2,1-4H3,(H,37,38). The van der Waals surface area contributed by atoms with Gasteiger partial charge in [0.2, 0.25) is 0 Å². The van der Waals surface area contributed by atoms with Crippen LogP contribution in [0.1, 0.15) is 39.2 Å². The van der Waals surface area contributed by atoms with Crippen molar-refractivity contribution in [2.75, 3.05) is 51.3 Å². The first kappa shape index (κ1) is 29.7. The van der Waals surface area contributed by atoms with Gasteiger partial charge >= 0.3 is 6.09 Å². The zero-order valence-electron chi connectivity index (χ0n) is 26.0. The maximum atomic E-state index is 12.5. The van der Waals surface area contributed by atoms with Gasteiger partial charge in [0.1, 0.15) is 23.1 Å². The average Bonchev–Trinajstić information content (AvgIpc) is 3.47. The summed E-state index contributed by atoms with van der Waals surface area (Å²) >= 11 is 0. The Morgan fingerprint density at radius 1 is 1.00 bits per heavy atom. The van der Waals surface area contributed by atoms with Crippen molar-refractivity contribution in [3.63, 3.8) is 0 Å². The fourth-order valence-electron chi connectivity index (χ4n) is 5.83. The van der Waals surface area contributed by atoms with Crippen LogP contribution in [0.5, 0.6) is 5.75 Å². The second-order valence-electron chi connectivity index (χ2n) is 12.4. The van der Waals surface area contributed by atoms with Crippen molar-refractivity contribution < 1.29 is 19.0 Å². The average molecular weight is 596 g/mol. The smallest absolute Gasteiger partial charge is 0.410 e. The number of morpholine rings is 1. The molecule has 4 heterocycles. The lowest BCUT2D eigenvalue weighted by Gasteiger charge is -2.33. The molecule has 44 heavy (non-hydrogen) atoms. The molecule has 0 spiro atoms. The number of H-pyrrole nitrogens is 1. The van der Waals surface area contributed by atoms with E-state index >= 15 is 0 Å². The van der Waals surface area contributed by atoms with Gasteiger partial charge in [-0.3, -0.25) is 4.99 Å². The molecule has 0 bridgehead atoms. The number of rotatable bonds is 6. The Labute approximate surface area is 258 Å². The van der Waals surface area contributed by atoms with E-state index in [-0.39, 0.29) is 12.2 Å². The number of aromatic amines is 1. The number of nitrogens with zero attached hydrogens (tertiary/aromatic N) is 4. The van der Waals surface area contributed by atoms with E-state index in [9.17, 15) is 4.79 Å². The van der Waals surface area contributed by atoms with E-state index in [0.717, 1.165) is 83.9 Å². The molecular formula is C35H41N5O4. The third-order valence-electron chi connectivity index (χ3n) is 8.06. The number of hydrogen-bond donors (Lipinski definition) is 1. The first-order valence-corrected chi connectivity index (χ1v) is 15.4. The highest BCUT2D eigenvalue weighted by Gasteiger charge is 2.28. The van der Waals surface area contributed by atoms with Crippen LogP contribution in [0.15, 0.2) is 65.8 Å².